The Morgan fingerprint density at radius 1 is 1.43 bits per heavy atom. The van der Waals surface area contributed by atoms with E-state index in [9.17, 15) is 0 Å². The van der Waals surface area contributed by atoms with Gasteiger partial charge in [-0.3, -0.25) is 0 Å². The van der Waals surface area contributed by atoms with Crippen LogP contribution in [-0.2, 0) is 9.98 Å². The van der Waals surface area contributed by atoms with E-state index in [1.165, 1.54) is 0 Å². The van der Waals surface area contributed by atoms with Gasteiger partial charge in [-0.1, -0.05) is 0 Å². The molecule has 0 unspecified atom stereocenters. The first-order valence-electron chi connectivity index (χ1n) is 1.55. The average molecular weight is 108 g/mol. The van der Waals surface area contributed by atoms with Crippen molar-refractivity contribution in [3.8, 4) is 0 Å². The van der Waals surface area contributed by atoms with Gasteiger partial charge in [0.05, 0.1) is 6.54 Å². The molecular weight excluding hydrogens is 102 g/mol. The fourth-order valence-electron chi connectivity index (χ4n) is 0.0966. The average Bonchev–Trinajstić information content (AvgIpc) is 1.72. The van der Waals surface area contributed by atoms with Crippen LogP contribution in [-0.4, -0.2) is 22.3 Å². The Morgan fingerprint density at radius 2 is 1.86 bits per heavy atom. The normalized spacial score (nSPS) is 10.3. The molecule has 7 heavy (non-hydrogen) atoms. The molecule has 0 aliphatic rings. The van der Waals surface area contributed by atoms with E-state index in [2.05, 4.69) is 16.9 Å². The highest BCUT2D eigenvalue weighted by Gasteiger charge is 1.96. The van der Waals surface area contributed by atoms with Crippen molar-refractivity contribution < 1.29 is 20.5 Å². The van der Waals surface area contributed by atoms with Crippen LogP contribution in [0.3, 0.4) is 0 Å². The van der Waals surface area contributed by atoms with E-state index in [1.54, 1.807) is 0 Å². The summed E-state index contributed by atoms with van der Waals surface area (Å²) in [6, 6.07) is 0. The monoisotopic (exact) mass is 108 g/mol. The van der Waals surface area contributed by atoms with Gasteiger partial charge >= 0.3 is 0 Å². The zero-order valence-corrected chi connectivity index (χ0v) is 3.57. The second-order valence-electron chi connectivity index (χ2n) is 0.720. The topological polar surface area (TPSA) is 62.2 Å². The third kappa shape index (κ3) is 2.49. The number of hydroxylamine groups is 2. The molecule has 0 aromatic carbocycles. The molecule has 0 bridgehead atoms. The minimum absolute atomic E-state index is 0.00694. The van der Waals surface area contributed by atoms with Gasteiger partial charge in [-0.2, -0.15) is 0 Å². The second-order valence-corrected chi connectivity index (χ2v) is 0.720. The SMILES string of the molecule is [CH2]CN(OO)OO. The molecule has 0 aliphatic carbocycles. The molecule has 0 saturated carbocycles. The first-order chi connectivity index (χ1) is 3.35. The van der Waals surface area contributed by atoms with E-state index in [0.29, 0.717) is 5.23 Å². The first-order valence-corrected chi connectivity index (χ1v) is 1.55. The summed E-state index contributed by atoms with van der Waals surface area (Å²) >= 11 is 0. The zero-order chi connectivity index (χ0) is 5.70. The lowest BCUT2D eigenvalue weighted by molar-refractivity contribution is -0.581. The highest BCUT2D eigenvalue weighted by Crippen LogP contribution is 1.81. The Balaban J connectivity index is 2.99. The molecule has 0 amide bonds. The molecule has 2 N–H and O–H groups in total. The highest BCUT2D eigenvalue weighted by atomic mass is 17.4. The van der Waals surface area contributed by atoms with Gasteiger partial charge in [-0.15, -0.1) is 9.98 Å². The number of hydrogen-bond acceptors (Lipinski definition) is 5. The van der Waals surface area contributed by atoms with Crippen LogP contribution < -0.4 is 0 Å². The van der Waals surface area contributed by atoms with Gasteiger partial charge in [0.25, 0.3) is 0 Å². The molecule has 0 heterocycles. The third-order valence-corrected chi connectivity index (χ3v) is 0.365. The lowest BCUT2D eigenvalue weighted by atomic mass is 10.8. The highest BCUT2D eigenvalue weighted by molar-refractivity contribution is 4.28. The number of hydrogen-bond donors (Lipinski definition) is 2. The maximum Gasteiger partial charge on any atom is 0.0579 e. The van der Waals surface area contributed by atoms with Crippen LogP contribution in [0.5, 0.6) is 0 Å². The molecule has 0 rings (SSSR count). The lowest BCUT2D eigenvalue weighted by Gasteiger charge is -2.05. The van der Waals surface area contributed by atoms with Crippen LogP contribution in [0.1, 0.15) is 0 Å². The molecule has 5 heteroatoms. The van der Waals surface area contributed by atoms with Crippen molar-refractivity contribution in [3.05, 3.63) is 6.92 Å². The van der Waals surface area contributed by atoms with E-state index in [4.69, 9.17) is 10.5 Å². The van der Waals surface area contributed by atoms with Gasteiger partial charge in [0, 0.05) is 0 Å². The summed E-state index contributed by atoms with van der Waals surface area (Å²) in [6.07, 6.45) is 0. The quantitative estimate of drug-likeness (QED) is 0.391. The first kappa shape index (κ1) is 6.80. The van der Waals surface area contributed by atoms with Crippen LogP contribution in [0.4, 0.5) is 0 Å². The van der Waals surface area contributed by atoms with Crippen LogP contribution >= 0.6 is 0 Å². The molecule has 0 aromatic heterocycles. The molecule has 5 nitrogen and oxygen atoms in total. The number of rotatable bonds is 3. The summed E-state index contributed by atoms with van der Waals surface area (Å²) in [5.74, 6) is 0. The summed E-state index contributed by atoms with van der Waals surface area (Å²) in [5, 5.41) is 15.6. The van der Waals surface area contributed by atoms with E-state index in [-0.39, 0.29) is 6.54 Å². The molecule has 0 aliphatic heterocycles. The Morgan fingerprint density at radius 3 is 1.86 bits per heavy atom. The van der Waals surface area contributed by atoms with Crippen molar-refractivity contribution in [2.24, 2.45) is 0 Å². The van der Waals surface area contributed by atoms with Gasteiger partial charge in [0.1, 0.15) is 0 Å². The predicted octanol–water partition coefficient (Wildman–Crippen LogP) is -0.0683. The molecule has 0 saturated heterocycles. The van der Waals surface area contributed by atoms with E-state index in [0.717, 1.165) is 0 Å². The molecule has 0 fully saturated rings. The van der Waals surface area contributed by atoms with Gasteiger partial charge in [-0.05, 0) is 12.2 Å². The summed E-state index contributed by atoms with van der Waals surface area (Å²) in [5.41, 5.74) is 0. The molecule has 0 atom stereocenters. The Kier molecular flexibility index (Phi) is 3.86. The minimum atomic E-state index is -0.00694. The van der Waals surface area contributed by atoms with Crippen LogP contribution in [0, 0.1) is 6.92 Å². The van der Waals surface area contributed by atoms with E-state index >= 15 is 0 Å². The molecular formula is C2H6NO4. The summed E-state index contributed by atoms with van der Waals surface area (Å²) in [4.78, 5) is 6.69. The van der Waals surface area contributed by atoms with Crippen LogP contribution in [0.15, 0.2) is 0 Å². The smallest absolute Gasteiger partial charge is 0.0579 e. The van der Waals surface area contributed by atoms with Crippen LogP contribution in [0.25, 0.3) is 0 Å². The largest absolute Gasteiger partial charge is 0.231 e. The van der Waals surface area contributed by atoms with Gasteiger partial charge in [0.2, 0.25) is 0 Å². The molecule has 43 valence electrons. The summed E-state index contributed by atoms with van der Waals surface area (Å²) in [6.45, 7) is 3.18. The van der Waals surface area contributed by atoms with E-state index < -0.39 is 0 Å². The number of nitrogens with zero attached hydrogens (tertiary/aromatic N) is 1. The maximum atomic E-state index is 7.63. The van der Waals surface area contributed by atoms with Gasteiger partial charge in [-0.25, -0.2) is 10.5 Å². The molecule has 0 spiro atoms. The summed E-state index contributed by atoms with van der Waals surface area (Å²) < 4.78 is 0. The predicted molar refractivity (Wildman–Crippen MR) is 19.5 cm³/mol. The summed E-state index contributed by atoms with van der Waals surface area (Å²) in [7, 11) is 0. The van der Waals surface area contributed by atoms with E-state index in [1.807, 2.05) is 0 Å². The fourth-order valence-corrected chi connectivity index (χ4v) is 0.0966. The zero-order valence-electron chi connectivity index (χ0n) is 3.57. The van der Waals surface area contributed by atoms with Crippen molar-refractivity contribution in [2.45, 2.75) is 0 Å². The molecule has 1 radical (unpaired) electrons. The lowest BCUT2D eigenvalue weighted by Crippen LogP contribution is -2.20. The second kappa shape index (κ2) is 3.97. The standard InChI is InChI=1S/C2H6NO4/c1-2-3(6-4)7-5/h4-5H,1-2H2. The fraction of sp³-hybridized carbons (Fsp3) is 0.500. The van der Waals surface area contributed by atoms with Crippen molar-refractivity contribution in [1.82, 2.24) is 5.23 Å². The van der Waals surface area contributed by atoms with Crippen molar-refractivity contribution in [2.75, 3.05) is 6.54 Å². The third-order valence-electron chi connectivity index (χ3n) is 0.365. The van der Waals surface area contributed by atoms with Gasteiger partial charge < -0.3 is 0 Å². The van der Waals surface area contributed by atoms with Crippen molar-refractivity contribution in [1.29, 1.82) is 0 Å². The van der Waals surface area contributed by atoms with Crippen molar-refractivity contribution >= 4 is 0 Å². The van der Waals surface area contributed by atoms with Crippen LogP contribution in [0.2, 0.25) is 0 Å². The Hall–Kier alpha value is -0.200. The Labute approximate surface area is 40.4 Å². The minimum Gasteiger partial charge on any atom is -0.231 e. The Bertz CT molecular complexity index is 31.2. The van der Waals surface area contributed by atoms with Gasteiger partial charge in [0.15, 0.2) is 0 Å². The maximum absolute atomic E-state index is 7.63. The molecule has 0 aromatic rings. The van der Waals surface area contributed by atoms with Crippen molar-refractivity contribution in [3.63, 3.8) is 0 Å².